The second kappa shape index (κ2) is 6.86. The number of nitrogens with zero attached hydrogens (tertiary/aromatic N) is 1. The minimum absolute atomic E-state index is 0.181. The van der Waals surface area contributed by atoms with Crippen LogP contribution < -0.4 is 5.32 Å². The number of halogens is 1. The first-order chi connectivity index (χ1) is 7.63. The van der Waals surface area contributed by atoms with Gasteiger partial charge in [-0.05, 0) is 23.4 Å². The van der Waals surface area contributed by atoms with Gasteiger partial charge in [0.25, 0.3) is 0 Å². The quantitative estimate of drug-likeness (QED) is 0.830. The zero-order valence-corrected chi connectivity index (χ0v) is 10.9. The van der Waals surface area contributed by atoms with Crippen molar-refractivity contribution >= 4 is 11.8 Å². The fraction of sp³-hybridized carbons (Fsp3) is 0.583. The van der Waals surface area contributed by atoms with Gasteiger partial charge in [0.15, 0.2) is 0 Å². The molecule has 0 bridgehead atoms. The van der Waals surface area contributed by atoms with Gasteiger partial charge in [0.05, 0.1) is 6.20 Å². The van der Waals surface area contributed by atoms with Crippen LogP contribution in [0.15, 0.2) is 18.5 Å². The maximum Gasteiger partial charge on any atom is 0.141 e. The molecule has 16 heavy (non-hydrogen) atoms. The van der Waals surface area contributed by atoms with Crippen LogP contribution in [-0.2, 0) is 0 Å². The molecule has 0 spiro atoms. The van der Waals surface area contributed by atoms with Crippen molar-refractivity contribution < 1.29 is 4.39 Å². The van der Waals surface area contributed by atoms with Gasteiger partial charge in [-0.3, -0.25) is 4.98 Å². The molecule has 90 valence electrons. The molecule has 4 heteroatoms. The van der Waals surface area contributed by atoms with E-state index in [0.29, 0.717) is 5.25 Å². The van der Waals surface area contributed by atoms with Gasteiger partial charge in [-0.25, -0.2) is 4.39 Å². The lowest BCUT2D eigenvalue weighted by Crippen LogP contribution is -2.23. The van der Waals surface area contributed by atoms with E-state index in [4.69, 9.17) is 0 Å². The Hall–Kier alpha value is -0.610. The van der Waals surface area contributed by atoms with Crippen LogP contribution in [0.2, 0.25) is 0 Å². The smallest absolute Gasteiger partial charge is 0.141 e. The van der Waals surface area contributed by atoms with Crippen molar-refractivity contribution in [3.63, 3.8) is 0 Å². The highest BCUT2D eigenvalue weighted by molar-refractivity contribution is 7.99. The van der Waals surface area contributed by atoms with Gasteiger partial charge in [-0.1, -0.05) is 20.8 Å². The van der Waals surface area contributed by atoms with Gasteiger partial charge >= 0.3 is 0 Å². The first kappa shape index (κ1) is 13.5. The van der Waals surface area contributed by atoms with E-state index >= 15 is 0 Å². The molecule has 1 rings (SSSR count). The number of aromatic nitrogens is 1. The van der Waals surface area contributed by atoms with E-state index in [0.717, 1.165) is 17.9 Å². The predicted molar refractivity (Wildman–Crippen MR) is 68.2 cm³/mol. The lowest BCUT2D eigenvalue weighted by atomic mass is 10.1. The maximum atomic E-state index is 13.1. The molecule has 1 aromatic heterocycles. The summed E-state index contributed by atoms with van der Waals surface area (Å²) in [5, 5.41) is 3.94. The first-order valence-corrected chi connectivity index (χ1v) is 6.63. The molecule has 0 aliphatic carbocycles. The zero-order chi connectivity index (χ0) is 12.0. The molecule has 1 N–H and O–H groups in total. The van der Waals surface area contributed by atoms with Crippen molar-refractivity contribution in [1.82, 2.24) is 10.3 Å². The highest BCUT2D eigenvalue weighted by Gasteiger charge is 2.12. The highest BCUT2D eigenvalue weighted by Crippen LogP contribution is 2.21. The van der Waals surface area contributed by atoms with Gasteiger partial charge in [-0.2, -0.15) is 11.8 Å². The molecule has 1 atom stereocenters. The van der Waals surface area contributed by atoms with Crippen molar-refractivity contribution in [2.24, 2.45) is 0 Å². The number of hydrogen-bond acceptors (Lipinski definition) is 3. The number of rotatable bonds is 6. The maximum absolute atomic E-state index is 13.1. The fourth-order valence-corrected chi connectivity index (χ4v) is 2.31. The molecule has 2 nitrogen and oxygen atoms in total. The minimum atomic E-state index is -0.269. The summed E-state index contributed by atoms with van der Waals surface area (Å²) >= 11 is 1.87. The lowest BCUT2D eigenvalue weighted by molar-refractivity contribution is 0.582. The standard InChI is InChI=1S/C12H19FN2S/c1-4-15-12(8-16-9(2)3)10-5-11(13)7-14-6-10/h5-7,9,12,15H,4,8H2,1-3H3. The van der Waals surface area contributed by atoms with Crippen molar-refractivity contribution in [3.8, 4) is 0 Å². The van der Waals surface area contributed by atoms with E-state index in [-0.39, 0.29) is 11.9 Å². The third kappa shape index (κ3) is 4.49. The molecule has 0 amide bonds. The second-order valence-corrected chi connectivity index (χ2v) is 5.54. The van der Waals surface area contributed by atoms with Gasteiger partial charge < -0.3 is 5.32 Å². The summed E-state index contributed by atoms with van der Waals surface area (Å²) in [6, 6.07) is 1.74. The molecule has 0 saturated carbocycles. The van der Waals surface area contributed by atoms with Crippen LogP contribution in [0.5, 0.6) is 0 Å². The molecule has 1 unspecified atom stereocenters. The number of nitrogens with one attached hydrogen (secondary N) is 1. The monoisotopic (exact) mass is 242 g/mol. The molecule has 0 aliphatic rings. The Kier molecular flexibility index (Phi) is 5.77. The second-order valence-electron chi connectivity index (χ2n) is 3.93. The Morgan fingerprint density at radius 1 is 1.44 bits per heavy atom. The van der Waals surface area contributed by atoms with Gasteiger partial charge in [0.2, 0.25) is 0 Å². The Bertz CT molecular complexity index is 318. The summed E-state index contributed by atoms with van der Waals surface area (Å²) in [6.07, 6.45) is 2.97. The Labute approximate surface area is 101 Å². The lowest BCUT2D eigenvalue weighted by Gasteiger charge is -2.18. The third-order valence-electron chi connectivity index (χ3n) is 2.18. The molecular weight excluding hydrogens is 223 g/mol. The molecule has 1 aromatic rings. The normalized spacial score (nSPS) is 13.1. The van der Waals surface area contributed by atoms with Crippen molar-refractivity contribution in [2.45, 2.75) is 32.1 Å². The summed E-state index contributed by atoms with van der Waals surface area (Å²) < 4.78 is 13.1. The summed E-state index contributed by atoms with van der Waals surface area (Å²) in [4.78, 5) is 3.89. The largest absolute Gasteiger partial charge is 0.309 e. The summed E-state index contributed by atoms with van der Waals surface area (Å²) in [6.45, 7) is 7.26. The highest BCUT2D eigenvalue weighted by atomic mass is 32.2. The number of thioether (sulfide) groups is 1. The van der Waals surface area contributed by atoms with E-state index in [2.05, 4.69) is 31.1 Å². The van der Waals surface area contributed by atoms with E-state index in [1.807, 2.05) is 11.8 Å². The van der Waals surface area contributed by atoms with Gasteiger partial charge in [-0.15, -0.1) is 0 Å². The number of hydrogen-bond donors (Lipinski definition) is 1. The third-order valence-corrected chi connectivity index (χ3v) is 3.37. The van der Waals surface area contributed by atoms with Crippen LogP contribution in [0.25, 0.3) is 0 Å². The van der Waals surface area contributed by atoms with Crippen LogP contribution in [0.1, 0.15) is 32.4 Å². The SMILES string of the molecule is CCNC(CSC(C)C)c1cncc(F)c1. The van der Waals surface area contributed by atoms with Gasteiger partial charge in [0.1, 0.15) is 5.82 Å². The van der Waals surface area contributed by atoms with Crippen LogP contribution >= 0.6 is 11.8 Å². The molecule has 0 aliphatic heterocycles. The summed E-state index contributed by atoms with van der Waals surface area (Å²) in [5.74, 6) is 0.673. The van der Waals surface area contributed by atoms with Crippen LogP contribution in [0, 0.1) is 5.82 Å². The average Bonchev–Trinajstić information content (AvgIpc) is 2.24. The Morgan fingerprint density at radius 2 is 2.19 bits per heavy atom. The topological polar surface area (TPSA) is 24.9 Å². The molecular formula is C12H19FN2S. The van der Waals surface area contributed by atoms with E-state index in [1.165, 1.54) is 6.20 Å². The van der Waals surface area contributed by atoms with E-state index in [1.54, 1.807) is 12.3 Å². The van der Waals surface area contributed by atoms with Gasteiger partial charge in [0, 0.05) is 18.0 Å². The zero-order valence-electron chi connectivity index (χ0n) is 10.0. The summed E-state index contributed by atoms with van der Waals surface area (Å²) in [5.41, 5.74) is 0.926. The minimum Gasteiger partial charge on any atom is -0.309 e. The average molecular weight is 242 g/mol. The van der Waals surface area contributed by atoms with Crippen LogP contribution in [0.4, 0.5) is 4.39 Å². The molecule has 0 radical (unpaired) electrons. The molecule has 0 aromatic carbocycles. The fourth-order valence-electron chi connectivity index (χ4n) is 1.43. The van der Waals surface area contributed by atoms with Crippen LogP contribution in [-0.4, -0.2) is 22.5 Å². The molecule has 1 heterocycles. The molecule has 0 saturated heterocycles. The predicted octanol–water partition coefficient (Wildman–Crippen LogP) is 3.01. The first-order valence-electron chi connectivity index (χ1n) is 5.59. The Balaban J connectivity index is 2.68. The van der Waals surface area contributed by atoms with Crippen molar-refractivity contribution in [1.29, 1.82) is 0 Å². The van der Waals surface area contributed by atoms with Crippen LogP contribution in [0.3, 0.4) is 0 Å². The Morgan fingerprint density at radius 3 is 2.75 bits per heavy atom. The number of pyridine rings is 1. The summed E-state index contributed by atoms with van der Waals surface area (Å²) in [7, 11) is 0. The van der Waals surface area contributed by atoms with Crippen molar-refractivity contribution in [3.05, 3.63) is 29.8 Å². The van der Waals surface area contributed by atoms with E-state index in [9.17, 15) is 4.39 Å². The molecule has 0 fully saturated rings. The van der Waals surface area contributed by atoms with E-state index < -0.39 is 0 Å². The van der Waals surface area contributed by atoms with Crippen molar-refractivity contribution in [2.75, 3.05) is 12.3 Å².